The SMILES string of the molecule is CC(C)C(NS(C)(=O)=O)C(=O)N[C@@H]1CCN(C(=O)C2CCS(=O)(=O)N2)C1. The van der Waals surface area contributed by atoms with Gasteiger partial charge in [-0.1, -0.05) is 13.8 Å². The molecule has 3 N–H and O–H groups in total. The third kappa shape index (κ3) is 5.63. The standard InChI is InChI=1S/C14H26N4O6S2/c1-9(2)12(17-25(3,21)22)13(19)15-10-4-6-18(8-10)14(20)11-5-7-26(23,24)16-11/h9-12,16-17H,4-8H2,1-3H3,(H,15,19)/t10-,11?,12?/m1/s1. The minimum absolute atomic E-state index is 0.0648. The lowest BCUT2D eigenvalue weighted by atomic mass is 10.0. The Morgan fingerprint density at radius 2 is 1.88 bits per heavy atom. The van der Waals surface area contributed by atoms with E-state index in [2.05, 4.69) is 14.8 Å². The van der Waals surface area contributed by atoms with Crippen molar-refractivity contribution in [3.63, 3.8) is 0 Å². The average Bonchev–Trinajstić information content (AvgIpc) is 3.09. The summed E-state index contributed by atoms with van der Waals surface area (Å²) in [5, 5.41) is 2.78. The van der Waals surface area contributed by atoms with E-state index in [0.29, 0.717) is 13.0 Å². The monoisotopic (exact) mass is 410 g/mol. The van der Waals surface area contributed by atoms with Gasteiger partial charge in [-0.25, -0.2) is 26.3 Å². The molecule has 0 spiro atoms. The van der Waals surface area contributed by atoms with E-state index in [0.717, 1.165) is 6.26 Å². The van der Waals surface area contributed by atoms with Crippen LogP contribution in [0.4, 0.5) is 0 Å². The lowest BCUT2D eigenvalue weighted by Gasteiger charge is -2.24. The van der Waals surface area contributed by atoms with E-state index < -0.39 is 38.0 Å². The van der Waals surface area contributed by atoms with Gasteiger partial charge in [0.15, 0.2) is 0 Å². The summed E-state index contributed by atoms with van der Waals surface area (Å²) < 4.78 is 50.4. The Balaban J connectivity index is 1.92. The molecule has 0 aromatic carbocycles. The second kappa shape index (κ2) is 7.79. The molecule has 2 aliphatic rings. The molecule has 0 aliphatic carbocycles. The largest absolute Gasteiger partial charge is 0.350 e. The quantitative estimate of drug-likeness (QED) is 0.461. The van der Waals surface area contributed by atoms with E-state index in [1.807, 2.05) is 0 Å². The first-order valence-electron chi connectivity index (χ1n) is 8.44. The highest BCUT2D eigenvalue weighted by atomic mass is 32.2. The minimum Gasteiger partial charge on any atom is -0.350 e. The van der Waals surface area contributed by atoms with Crippen LogP contribution in [0, 0.1) is 5.92 Å². The van der Waals surface area contributed by atoms with Crippen LogP contribution in [-0.4, -0.2) is 76.8 Å². The van der Waals surface area contributed by atoms with E-state index in [1.54, 1.807) is 13.8 Å². The molecule has 2 amide bonds. The summed E-state index contributed by atoms with van der Waals surface area (Å²) >= 11 is 0. The molecule has 0 bridgehead atoms. The summed E-state index contributed by atoms with van der Waals surface area (Å²) in [6, 6.07) is -1.94. The van der Waals surface area contributed by atoms with Crippen LogP contribution in [0.1, 0.15) is 26.7 Å². The van der Waals surface area contributed by atoms with Crippen molar-refractivity contribution < 1.29 is 26.4 Å². The van der Waals surface area contributed by atoms with Crippen LogP contribution in [0.5, 0.6) is 0 Å². The number of hydrogen-bond donors (Lipinski definition) is 3. The second-order valence-corrected chi connectivity index (χ2v) is 10.8. The Hall–Kier alpha value is -1.24. The Morgan fingerprint density at radius 3 is 2.38 bits per heavy atom. The summed E-state index contributed by atoms with van der Waals surface area (Å²) in [5.41, 5.74) is 0. The first-order chi connectivity index (χ1) is 11.9. The van der Waals surface area contributed by atoms with Crippen molar-refractivity contribution in [2.45, 2.75) is 44.8 Å². The number of nitrogens with one attached hydrogen (secondary N) is 3. The van der Waals surface area contributed by atoms with Crippen LogP contribution in [0.15, 0.2) is 0 Å². The highest BCUT2D eigenvalue weighted by molar-refractivity contribution is 7.89. The molecule has 0 saturated carbocycles. The highest BCUT2D eigenvalue weighted by Gasteiger charge is 2.38. The number of amides is 2. The molecule has 0 aromatic heterocycles. The molecule has 26 heavy (non-hydrogen) atoms. The summed E-state index contributed by atoms with van der Waals surface area (Å²) in [6.45, 7) is 4.15. The number of carbonyl (C=O) groups excluding carboxylic acids is 2. The van der Waals surface area contributed by atoms with Gasteiger partial charge < -0.3 is 10.2 Å². The number of carbonyl (C=O) groups is 2. The van der Waals surface area contributed by atoms with Crippen LogP contribution >= 0.6 is 0 Å². The Bertz CT molecular complexity index is 764. The molecule has 0 aromatic rings. The molecule has 2 fully saturated rings. The second-order valence-electron chi connectivity index (χ2n) is 7.17. The maximum Gasteiger partial charge on any atom is 0.240 e. The fraction of sp³-hybridized carbons (Fsp3) is 0.857. The maximum absolute atomic E-state index is 12.4. The van der Waals surface area contributed by atoms with Gasteiger partial charge >= 0.3 is 0 Å². The molecule has 2 rings (SSSR count). The van der Waals surface area contributed by atoms with Crippen molar-refractivity contribution in [1.29, 1.82) is 0 Å². The Morgan fingerprint density at radius 1 is 1.23 bits per heavy atom. The van der Waals surface area contributed by atoms with Gasteiger partial charge in [-0.15, -0.1) is 0 Å². The van der Waals surface area contributed by atoms with E-state index in [9.17, 15) is 26.4 Å². The number of nitrogens with zero attached hydrogens (tertiary/aromatic N) is 1. The first-order valence-corrected chi connectivity index (χ1v) is 12.0. The minimum atomic E-state index is -3.53. The predicted octanol–water partition coefficient (Wildman–Crippen LogP) is -2.03. The molecule has 2 aliphatic heterocycles. The molecular weight excluding hydrogens is 384 g/mol. The first kappa shape index (κ1) is 21.1. The van der Waals surface area contributed by atoms with Crippen LogP contribution in [0.3, 0.4) is 0 Å². The van der Waals surface area contributed by atoms with Gasteiger partial charge in [0, 0.05) is 19.1 Å². The topological polar surface area (TPSA) is 142 Å². The third-order valence-corrected chi connectivity index (χ3v) is 6.53. The van der Waals surface area contributed by atoms with Crippen molar-refractivity contribution >= 4 is 31.9 Å². The van der Waals surface area contributed by atoms with Crippen LogP contribution in [0.25, 0.3) is 0 Å². The fourth-order valence-corrected chi connectivity index (χ4v) is 5.25. The molecule has 2 saturated heterocycles. The van der Waals surface area contributed by atoms with Gasteiger partial charge in [0.2, 0.25) is 31.9 Å². The Kier molecular flexibility index (Phi) is 6.31. The summed E-state index contributed by atoms with van der Waals surface area (Å²) in [5.74, 6) is -1.04. The molecule has 150 valence electrons. The molecule has 2 heterocycles. The summed E-state index contributed by atoms with van der Waals surface area (Å²) in [7, 11) is -6.91. The van der Waals surface area contributed by atoms with Crippen molar-refractivity contribution in [1.82, 2.24) is 19.7 Å². The number of likely N-dealkylation sites (tertiary alicyclic amines) is 1. The van der Waals surface area contributed by atoms with Crippen molar-refractivity contribution in [2.24, 2.45) is 5.92 Å². The molecule has 0 radical (unpaired) electrons. The van der Waals surface area contributed by atoms with Crippen molar-refractivity contribution in [2.75, 3.05) is 25.1 Å². The highest BCUT2D eigenvalue weighted by Crippen LogP contribution is 2.16. The third-order valence-electron chi connectivity index (χ3n) is 4.43. The van der Waals surface area contributed by atoms with Gasteiger partial charge in [0.05, 0.1) is 12.0 Å². The van der Waals surface area contributed by atoms with Crippen LogP contribution < -0.4 is 14.8 Å². The van der Waals surface area contributed by atoms with Gasteiger partial charge in [-0.2, -0.15) is 0 Å². The maximum atomic E-state index is 12.4. The molecule has 2 unspecified atom stereocenters. The van der Waals surface area contributed by atoms with Gasteiger partial charge in [-0.3, -0.25) is 9.59 Å². The fourth-order valence-electron chi connectivity index (χ4n) is 3.09. The smallest absolute Gasteiger partial charge is 0.240 e. The molecular formula is C14H26N4O6S2. The summed E-state index contributed by atoms with van der Waals surface area (Å²) in [6.07, 6.45) is 1.76. The Labute approximate surface area is 154 Å². The van der Waals surface area contributed by atoms with E-state index in [-0.39, 0.29) is 36.6 Å². The number of sulfonamides is 2. The molecule has 3 atom stereocenters. The van der Waals surface area contributed by atoms with E-state index in [4.69, 9.17) is 0 Å². The zero-order valence-electron chi connectivity index (χ0n) is 15.1. The van der Waals surface area contributed by atoms with Gasteiger partial charge in [-0.05, 0) is 18.8 Å². The van der Waals surface area contributed by atoms with Crippen LogP contribution in [0.2, 0.25) is 0 Å². The lowest BCUT2D eigenvalue weighted by Crippen LogP contribution is -2.52. The van der Waals surface area contributed by atoms with Crippen molar-refractivity contribution in [3.05, 3.63) is 0 Å². The van der Waals surface area contributed by atoms with Gasteiger partial charge in [0.25, 0.3) is 0 Å². The number of rotatable bonds is 6. The van der Waals surface area contributed by atoms with Crippen molar-refractivity contribution in [3.8, 4) is 0 Å². The zero-order valence-corrected chi connectivity index (χ0v) is 16.7. The lowest BCUT2D eigenvalue weighted by molar-refractivity contribution is -0.132. The summed E-state index contributed by atoms with van der Waals surface area (Å²) in [4.78, 5) is 26.3. The van der Waals surface area contributed by atoms with E-state index >= 15 is 0 Å². The van der Waals surface area contributed by atoms with E-state index in [1.165, 1.54) is 4.90 Å². The molecule has 10 nitrogen and oxygen atoms in total. The van der Waals surface area contributed by atoms with Gasteiger partial charge in [0.1, 0.15) is 12.1 Å². The predicted molar refractivity (Wildman–Crippen MR) is 95.1 cm³/mol. The average molecular weight is 411 g/mol. The van der Waals surface area contributed by atoms with Crippen LogP contribution in [-0.2, 0) is 29.6 Å². The zero-order chi connectivity index (χ0) is 19.7. The molecule has 12 heteroatoms. The number of hydrogen-bond acceptors (Lipinski definition) is 6. The normalized spacial score (nSPS) is 26.8.